The predicted molar refractivity (Wildman–Crippen MR) is 68.8 cm³/mol. The van der Waals surface area contributed by atoms with Crippen LogP contribution < -0.4 is 4.74 Å². The molecule has 0 unspecified atom stereocenters. The molecule has 1 aromatic carbocycles. The molecule has 94 valence electrons. The number of phenolic OH excluding ortho intramolecular Hbond substituents is 2. The maximum atomic E-state index is 10.0. The van der Waals surface area contributed by atoms with Gasteiger partial charge in [0.2, 0.25) is 0 Å². The Bertz CT molecular complexity index is 434. The molecule has 0 heterocycles. The molecular weight excluding hydrogens is 216 g/mol. The topological polar surface area (TPSA) is 49.7 Å². The zero-order valence-corrected chi connectivity index (χ0v) is 10.9. The van der Waals surface area contributed by atoms with Crippen molar-refractivity contribution in [3.8, 4) is 17.2 Å². The Labute approximate surface area is 102 Å². The minimum atomic E-state index is 0.114. The first-order chi connectivity index (χ1) is 8.01. The van der Waals surface area contributed by atoms with E-state index in [-0.39, 0.29) is 11.5 Å². The van der Waals surface area contributed by atoms with E-state index in [0.29, 0.717) is 23.3 Å². The first-order valence-electron chi connectivity index (χ1n) is 5.75. The lowest BCUT2D eigenvalue weighted by Crippen LogP contribution is -1.93. The summed E-state index contributed by atoms with van der Waals surface area (Å²) in [6.07, 6.45) is 3.62. The van der Waals surface area contributed by atoms with Crippen molar-refractivity contribution in [3.63, 3.8) is 0 Å². The zero-order chi connectivity index (χ0) is 13.0. The van der Waals surface area contributed by atoms with E-state index >= 15 is 0 Å². The first-order valence-corrected chi connectivity index (χ1v) is 5.75. The van der Waals surface area contributed by atoms with E-state index in [1.54, 1.807) is 13.0 Å². The smallest absolute Gasteiger partial charge is 0.167 e. The standard InChI is InChI=1S/C14H20O3/c1-5-9(2)6-7-11-8-12(15)10(3)14(17-4)13(11)16/h6,8,15-16H,5,7H2,1-4H3/b9-6+. The zero-order valence-electron chi connectivity index (χ0n) is 10.9. The summed E-state index contributed by atoms with van der Waals surface area (Å²) in [5.41, 5.74) is 2.49. The average molecular weight is 236 g/mol. The van der Waals surface area contributed by atoms with Crippen LogP contribution in [-0.2, 0) is 6.42 Å². The average Bonchev–Trinajstić information content (AvgIpc) is 2.32. The van der Waals surface area contributed by atoms with Gasteiger partial charge in [-0.1, -0.05) is 18.6 Å². The summed E-state index contributed by atoms with van der Waals surface area (Å²) in [6, 6.07) is 1.59. The van der Waals surface area contributed by atoms with Crippen molar-refractivity contribution < 1.29 is 14.9 Å². The molecular formula is C14H20O3. The van der Waals surface area contributed by atoms with Crippen LogP contribution in [0.1, 0.15) is 31.4 Å². The van der Waals surface area contributed by atoms with Crippen molar-refractivity contribution in [1.29, 1.82) is 0 Å². The lowest BCUT2D eigenvalue weighted by Gasteiger charge is -2.12. The SMILES string of the molecule is CC/C(C)=C/Cc1cc(O)c(C)c(OC)c1O. The summed E-state index contributed by atoms with van der Waals surface area (Å²) in [5, 5.41) is 19.8. The Kier molecular flexibility index (Phi) is 4.44. The number of hydrogen-bond donors (Lipinski definition) is 2. The normalized spacial score (nSPS) is 11.6. The third-order valence-corrected chi connectivity index (χ3v) is 2.99. The number of phenols is 2. The second kappa shape index (κ2) is 5.62. The molecule has 0 spiro atoms. The van der Waals surface area contributed by atoms with Crippen molar-refractivity contribution in [2.75, 3.05) is 7.11 Å². The minimum Gasteiger partial charge on any atom is -0.508 e. The number of hydrogen-bond acceptors (Lipinski definition) is 3. The van der Waals surface area contributed by atoms with Gasteiger partial charge < -0.3 is 14.9 Å². The third-order valence-electron chi connectivity index (χ3n) is 2.99. The van der Waals surface area contributed by atoms with Crippen LogP contribution in [0.25, 0.3) is 0 Å². The van der Waals surface area contributed by atoms with Crippen LogP contribution in [0.4, 0.5) is 0 Å². The molecule has 0 aliphatic rings. The van der Waals surface area contributed by atoms with Crippen LogP contribution >= 0.6 is 0 Å². The number of benzene rings is 1. The van der Waals surface area contributed by atoms with Gasteiger partial charge in [-0.25, -0.2) is 0 Å². The lowest BCUT2D eigenvalue weighted by atomic mass is 10.0. The van der Waals surface area contributed by atoms with Crippen LogP contribution in [-0.4, -0.2) is 17.3 Å². The van der Waals surface area contributed by atoms with E-state index in [4.69, 9.17) is 4.74 Å². The van der Waals surface area contributed by atoms with Crippen LogP contribution in [0.3, 0.4) is 0 Å². The molecule has 1 rings (SSSR count). The van der Waals surface area contributed by atoms with E-state index in [1.165, 1.54) is 12.7 Å². The monoisotopic (exact) mass is 236 g/mol. The second-order valence-electron chi connectivity index (χ2n) is 4.17. The Balaban J connectivity index is 3.13. The number of aromatic hydroxyl groups is 2. The number of rotatable bonds is 4. The molecule has 0 radical (unpaired) electrons. The quantitative estimate of drug-likeness (QED) is 0.623. The molecule has 0 fully saturated rings. The molecule has 3 heteroatoms. The van der Waals surface area contributed by atoms with E-state index in [2.05, 4.69) is 6.92 Å². The fraction of sp³-hybridized carbons (Fsp3) is 0.429. The maximum Gasteiger partial charge on any atom is 0.167 e. The number of ether oxygens (including phenoxy) is 1. The summed E-state index contributed by atoms with van der Waals surface area (Å²) in [6.45, 7) is 5.84. The molecule has 0 aromatic heterocycles. The van der Waals surface area contributed by atoms with Crippen LogP contribution in [0.15, 0.2) is 17.7 Å². The fourth-order valence-electron chi connectivity index (χ4n) is 1.62. The maximum absolute atomic E-state index is 10.0. The molecule has 0 saturated carbocycles. The third kappa shape index (κ3) is 2.93. The lowest BCUT2D eigenvalue weighted by molar-refractivity contribution is 0.362. The highest BCUT2D eigenvalue weighted by molar-refractivity contribution is 5.57. The molecule has 2 N–H and O–H groups in total. The van der Waals surface area contributed by atoms with Crippen molar-refractivity contribution in [2.24, 2.45) is 0 Å². The van der Waals surface area contributed by atoms with Gasteiger partial charge in [-0.3, -0.25) is 0 Å². The molecule has 0 atom stereocenters. The molecule has 0 aliphatic carbocycles. The summed E-state index contributed by atoms with van der Waals surface area (Å²) >= 11 is 0. The van der Waals surface area contributed by atoms with Gasteiger partial charge in [-0.05, 0) is 32.8 Å². The second-order valence-corrected chi connectivity index (χ2v) is 4.17. The number of methoxy groups -OCH3 is 1. The van der Waals surface area contributed by atoms with Gasteiger partial charge in [0.15, 0.2) is 11.5 Å². The van der Waals surface area contributed by atoms with Crippen LogP contribution in [0, 0.1) is 6.92 Å². The van der Waals surface area contributed by atoms with Crippen molar-refractivity contribution in [3.05, 3.63) is 28.8 Å². The summed E-state index contributed by atoms with van der Waals surface area (Å²) in [4.78, 5) is 0. The molecule has 0 amide bonds. The van der Waals surface area contributed by atoms with Gasteiger partial charge in [0.1, 0.15) is 5.75 Å². The molecule has 0 aliphatic heterocycles. The van der Waals surface area contributed by atoms with Gasteiger partial charge in [0.05, 0.1) is 7.11 Å². The molecule has 0 saturated heterocycles. The van der Waals surface area contributed by atoms with Gasteiger partial charge in [0, 0.05) is 11.1 Å². The highest BCUT2D eigenvalue weighted by Crippen LogP contribution is 2.39. The Morgan fingerprint density at radius 2 is 2.06 bits per heavy atom. The molecule has 1 aromatic rings. The van der Waals surface area contributed by atoms with Crippen molar-refractivity contribution >= 4 is 0 Å². The Morgan fingerprint density at radius 3 is 2.59 bits per heavy atom. The van der Waals surface area contributed by atoms with E-state index in [9.17, 15) is 10.2 Å². The van der Waals surface area contributed by atoms with Gasteiger partial charge in [0.25, 0.3) is 0 Å². The van der Waals surface area contributed by atoms with E-state index in [1.807, 2.05) is 13.0 Å². The molecule has 17 heavy (non-hydrogen) atoms. The minimum absolute atomic E-state index is 0.114. The predicted octanol–water partition coefficient (Wildman–Crippen LogP) is 3.31. The van der Waals surface area contributed by atoms with Crippen molar-refractivity contribution in [2.45, 2.75) is 33.6 Å². The molecule has 3 nitrogen and oxygen atoms in total. The molecule has 0 bridgehead atoms. The van der Waals surface area contributed by atoms with Gasteiger partial charge >= 0.3 is 0 Å². The van der Waals surface area contributed by atoms with Crippen molar-refractivity contribution in [1.82, 2.24) is 0 Å². The Morgan fingerprint density at radius 1 is 1.41 bits per heavy atom. The summed E-state index contributed by atoms with van der Waals surface area (Å²) in [7, 11) is 1.48. The fourth-order valence-corrected chi connectivity index (χ4v) is 1.62. The van der Waals surface area contributed by atoms with Crippen LogP contribution in [0.5, 0.6) is 17.2 Å². The van der Waals surface area contributed by atoms with Gasteiger partial charge in [-0.2, -0.15) is 0 Å². The van der Waals surface area contributed by atoms with Gasteiger partial charge in [-0.15, -0.1) is 0 Å². The highest BCUT2D eigenvalue weighted by atomic mass is 16.5. The first kappa shape index (κ1) is 13.4. The summed E-state index contributed by atoms with van der Waals surface area (Å²) < 4.78 is 5.10. The Hall–Kier alpha value is -1.64. The largest absolute Gasteiger partial charge is 0.508 e. The highest BCUT2D eigenvalue weighted by Gasteiger charge is 2.14. The number of allylic oxidation sites excluding steroid dienone is 2. The van der Waals surface area contributed by atoms with E-state index in [0.717, 1.165) is 6.42 Å². The van der Waals surface area contributed by atoms with E-state index < -0.39 is 0 Å². The van der Waals surface area contributed by atoms with Crippen LogP contribution in [0.2, 0.25) is 0 Å². The summed E-state index contributed by atoms with van der Waals surface area (Å²) in [5.74, 6) is 0.614.